The van der Waals surface area contributed by atoms with Crippen LogP contribution in [0.15, 0.2) is 41.1 Å². The molecule has 1 heterocycles. The minimum absolute atomic E-state index is 0.570. The number of rotatable bonds is 4. The van der Waals surface area contributed by atoms with Gasteiger partial charge in [-0.05, 0) is 52.7 Å². The highest BCUT2D eigenvalue weighted by atomic mass is 79.9. The molecule has 0 aliphatic rings. The molecule has 3 nitrogen and oxygen atoms in total. The Morgan fingerprint density at radius 1 is 1.28 bits per heavy atom. The van der Waals surface area contributed by atoms with Crippen molar-refractivity contribution < 1.29 is 4.74 Å². The molecule has 94 valence electrons. The molecule has 0 unspecified atom stereocenters. The third-order valence-electron chi connectivity index (χ3n) is 2.34. The topological polar surface area (TPSA) is 48.1 Å². The van der Waals surface area contributed by atoms with Crippen LogP contribution in [0, 0.1) is 0 Å². The van der Waals surface area contributed by atoms with Gasteiger partial charge in [0.15, 0.2) is 0 Å². The van der Waals surface area contributed by atoms with Gasteiger partial charge in [-0.2, -0.15) is 0 Å². The van der Waals surface area contributed by atoms with E-state index in [4.69, 9.17) is 22.1 Å². The van der Waals surface area contributed by atoms with E-state index in [0.29, 0.717) is 23.1 Å². The average molecular weight is 328 g/mol. The molecule has 0 fully saturated rings. The molecule has 0 radical (unpaired) electrons. The molecule has 18 heavy (non-hydrogen) atoms. The highest BCUT2D eigenvalue weighted by Gasteiger charge is 2.05. The number of nitrogens with zero attached hydrogens (tertiary/aromatic N) is 1. The third-order valence-corrected chi connectivity index (χ3v) is 3.07. The molecule has 0 spiro atoms. The van der Waals surface area contributed by atoms with E-state index < -0.39 is 0 Å². The maximum Gasteiger partial charge on any atom is 0.146 e. The number of pyridine rings is 1. The molecule has 2 N–H and O–H groups in total. The van der Waals surface area contributed by atoms with Gasteiger partial charge in [0.25, 0.3) is 0 Å². The zero-order valence-corrected chi connectivity index (χ0v) is 11.9. The van der Waals surface area contributed by atoms with Crippen molar-refractivity contribution in [3.05, 3.63) is 51.7 Å². The first-order valence-corrected chi connectivity index (χ1v) is 6.63. The van der Waals surface area contributed by atoms with Crippen LogP contribution in [0.4, 0.5) is 0 Å². The Hall–Kier alpha value is -1.10. The van der Waals surface area contributed by atoms with Crippen molar-refractivity contribution in [2.75, 3.05) is 6.54 Å². The Kier molecular flexibility index (Phi) is 4.58. The molecule has 0 saturated carbocycles. The lowest BCUT2D eigenvalue weighted by Gasteiger charge is -2.08. The van der Waals surface area contributed by atoms with Crippen molar-refractivity contribution in [1.29, 1.82) is 0 Å². The zero-order chi connectivity index (χ0) is 13.0. The van der Waals surface area contributed by atoms with Gasteiger partial charge in [0, 0.05) is 10.7 Å². The highest BCUT2D eigenvalue weighted by molar-refractivity contribution is 9.10. The van der Waals surface area contributed by atoms with Crippen LogP contribution in [-0.4, -0.2) is 11.5 Å². The van der Waals surface area contributed by atoms with E-state index in [9.17, 15) is 0 Å². The third kappa shape index (κ3) is 3.45. The number of hydrogen-bond acceptors (Lipinski definition) is 3. The lowest BCUT2D eigenvalue weighted by Crippen LogP contribution is -2.02. The smallest absolute Gasteiger partial charge is 0.146 e. The number of benzene rings is 1. The van der Waals surface area contributed by atoms with Crippen molar-refractivity contribution in [2.24, 2.45) is 5.73 Å². The lowest BCUT2D eigenvalue weighted by atomic mass is 10.1. The van der Waals surface area contributed by atoms with E-state index in [2.05, 4.69) is 20.9 Å². The van der Waals surface area contributed by atoms with Gasteiger partial charge in [-0.3, -0.25) is 4.98 Å². The van der Waals surface area contributed by atoms with E-state index >= 15 is 0 Å². The maximum absolute atomic E-state index is 6.16. The van der Waals surface area contributed by atoms with Gasteiger partial charge in [0.05, 0.1) is 11.2 Å². The van der Waals surface area contributed by atoms with Crippen molar-refractivity contribution in [3.63, 3.8) is 0 Å². The summed E-state index contributed by atoms with van der Waals surface area (Å²) in [5.41, 5.74) is 6.60. The summed E-state index contributed by atoms with van der Waals surface area (Å²) in [5, 5.41) is 0.570. The van der Waals surface area contributed by atoms with E-state index in [1.807, 2.05) is 24.3 Å². The van der Waals surface area contributed by atoms with Crippen LogP contribution in [0.5, 0.6) is 11.5 Å². The number of aromatic nitrogens is 1. The largest absolute Gasteiger partial charge is 0.454 e. The number of hydrogen-bond donors (Lipinski definition) is 1. The van der Waals surface area contributed by atoms with Gasteiger partial charge in [-0.1, -0.05) is 17.7 Å². The first-order valence-electron chi connectivity index (χ1n) is 5.46. The minimum Gasteiger partial charge on any atom is -0.454 e. The van der Waals surface area contributed by atoms with Crippen molar-refractivity contribution in [1.82, 2.24) is 4.98 Å². The first-order chi connectivity index (χ1) is 8.69. The molecule has 0 atom stereocenters. The van der Waals surface area contributed by atoms with E-state index in [-0.39, 0.29) is 0 Å². The Bertz CT molecular complexity index is 548. The van der Waals surface area contributed by atoms with Gasteiger partial charge >= 0.3 is 0 Å². The molecule has 1 aromatic carbocycles. The van der Waals surface area contributed by atoms with E-state index in [1.165, 1.54) is 0 Å². The second-order valence-corrected chi connectivity index (χ2v) is 5.07. The number of halogens is 2. The van der Waals surface area contributed by atoms with Crippen LogP contribution in [-0.2, 0) is 6.42 Å². The fourth-order valence-electron chi connectivity index (χ4n) is 1.52. The summed E-state index contributed by atoms with van der Waals surface area (Å²) < 4.78 is 6.52. The molecular formula is C13H12BrClN2O. The molecule has 0 bridgehead atoms. The van der Waals surface area contributed by atoms with Crippen molar-refractivity contribution in [3.8, 4) is 11.5 Å². The molecule has 0 amide bonds. The summed E-state index contributed by atoms with van der Waals surface area (Å²) in [6, 6.07) is 7.50. The molecule has 2 aromatic rings. The van der Waals surface area contributed by atoms with Gasteiger partial charge in [0.2, 0.25) is 0 Å². The van der Waals surface area contributed by atoms with E-state index in [0.717, 1.165) is 16.5 Å². The van der Waals surface area contributed by atoms with Crippen LogP contribution >= 0.6 is 27.5 Å². The Morgan fingerprint density at radius 3 is 2.78 bits per heavy atom. The molecule has 5 heteroatoms. The van der Waals surface area contributed by atoms with Gasteiger partial charge in [-0.25, -0.2) is 0 Å². The predicted molar refractivity (Wildman–Crippen MR) is 76.2 cm³/mol. The second kappa shape index (κ2) is 6.18. The van der Waals surface area contributed by atoms with Crippen LogP contribution in [0.1, 0.15) is 5.56 Å². The summed E-state index contributed by atoms with van der Waals surface area (Å²) in [6.45, 7) is 0.603. The standard InChI is InChI=1S/C13H12BrClN2O/c14-10-6-11(8-17-7-10)18-13-2-1-9(3-4-16)5-12(13)15/h1-2,5-8H,3-4,16H2. The maximum atomic E-state index is 6.16. The number of nitrogens with two attached hydrogens (primary N) is 1. The van der Waals surface area contributed by atoms with Gasteiger partial charge in [-0.15, -0.1) is 0 Å². The molecular weight excluding hydrogens is 316 g/mol. The van der Waals surface area contributed by atoms with Crippen LogP contribution in [0.3, 0.4) is 0 Å². The summed E-state index contributed by atoms with van der Waals surface area (Å²) in [4.78, 5) is 4.03. The van der Waals surface area contributed by atoms with E-state index in [1.54, 1.807) is 12.4 Å². The molecule has 1 aromatic heterocycles. The van der Waals surface area contributed by atoms with Crippen molar-refractivity contribution >= 4 is 27.5 Å². The van der Waals surface area contributed by atoms with Crippen LogP contribution in [0.2, 0.25) is 5.02 Å². The SMILES string of the molecule is NCCc1ccc(Oc2cncc(Br)c2)c(Cl)c1. The average Bonchev–Trinajstić information content (AvgIpc) is 2.33. The summed E-state index contributed by atoms with van der Waals surface area (Å²) in [5.74, 6) is 1.25. The molecule has 2 rings (SSSR count). The Labute approximate surface area is 119 Å². The number of ether oxygens (including phenoxy) is 1. The van der Waals surface area contributed by atoms with Gasteiger partial charge in [0.1, 0.15) is 11.5 Å². The minimum atomic E-state index is 0.570. The summed E-state index contributed by atoms with van der Waals surface area (Å²) in [6.07, 6.45) is 4.13. The monoisotopic (exact) mass is 326 g/mol. The van der Waals surface area contributed by atoms with Gasteiger partial charge < -0.3 is 10.5 Å². The summed E-state index contributed by atoms with van der Waals surface area (Å²) >= 11 is 9.49. The fourth-order valence-corrected chi connectivity index (χ4v) is 2.11. The van der Waals surface area contributed by atoms with Crippen LogP contribution in [0.25, 0.3) is 0 Å². The predicted octanol–water partition coefficient (Wildman–Crippen LogP) is 3.79. The first kappa shape index (κ1) is 13.3. The Morgan fingerprint density at radius 2 is 2.11 bits per heavy atom. The molecule has 0 aliphatic heterocycles. The summed E-state index contributed by atoms with van der Waals surface area (Å²) in [7, 11) is 0. The van der Waals surface area contributed by atoms with Crippen molar-refractivity contribution in [2.45, 2.75) is 6.42 Å². The fraction of sp³-hybridized carbons (Fsp3) is 0.154. The lowest BCUT2D eigenvalue weighted by molar-refractivity contribution is 0.480. The Balaban J connectivity index is 2.19. The highest BCUT2D eigenvalue weighted by Crippen LogP contribution is 2.30. The second-order valence-electron chi connectivity index (χ2n) is 3.74. The quantitative estimate of drug-likeness (QED) is 0.929. The molecule has 0 saturated heterocycles. The normalized spacial score (nSPS) is 10.4. The zero-order valence-electron chi connectivity index (χ0n) is 9.57. The molecule has 0 aliphatic carbocycles. The van der Waals surface area contributed by atoms with Crippen LogP contribution < -0.4 is 10.5 Å².